The summed E-state index contributed by atoms with van der Waals surface area (Å²) < 4.78 is 0. The molecule has 0 radical (unpaired) electrons. The number of nitrogens with zero attached hydrogens (tertiary/aromatic N) is 1. The molecule has 0 aromatic rings. The average Bonchev–Trinajstić information content (AvgIpc) is 2.81. The lowest BCUT2D eigenvalue weighted by Gasteiger charge is -2.31. The first-order valence-electron chi connectivity index (χ1n) is 7.26. The Kier molecular flexibility index (Phi) is 5.74. The molecule has 0 aromatic heterocycles. The molecule has 2 rings (SSSR count). The second-order valence-electron chi connectivity index (χ2n) is 5.65. The summed E-state index contributed by atoms with van der Waals surface area (Å²) in [6, 6.07) is 0.563. The number of rotatable bonds is 5. The fourth-order valence-corrected chi connectivity index (χ4v) is 4.83. The molecule has 1 aliphatic heterocycles. The van der Waals surface area contributed by atoms with Gasteiger partial charge in [0.05, 0.1) is 0 Å². The van der Waals surface area contributed by atoms with Crippen molar-refractivity contribution in [1.82, 2.24) is 5.32 Å². The summed E-state index contributed by atoms with van der Waals surface area (Å²) in [6.07, 6.45) is 6.88. The van der Waals surface area contributed by atoms with E-state index in [-0.39, 0.29) is 0 Å². The van der Waals surface area contributed by atoms with Crippen molar-refractivity contribution in [2.75, 3.05) is 23.8 Å². The van der Waals surface area contributed by atoms with E-state index >= 15 is 0 Å². The predicted octanol–water partition coefficient (Wildman–Crippen LogP) is 3.77. The zero-order valence-corrected chi connectivity index (χ0v) is 13.3. The Morgan fingerprint density at radius 3 is 2.83 bits per heavy atom. The Morgan fingerprint density at radius 2 is 2.22 bits per heavy atom. The minimum absolute atomic E-state index is 0.563. The van der Waals surface area contributed by atoms with Gasteiger partial charge in [-0.3, -0.25) is 4.99 Å². The predicted molar refractivity (Wildman–Crippen MR) is 85.9 cm³/mol. The lowest BCUT2D eigenvalue weighted by atomic mass is 9.89. The number of hydrogen-bond donors (Lipinski definition) is 1. The normalized spacial score (nSPS) is 24.0. The highest BCUT2D eigenvalue weighted by Crippen LogP contribution is 2.43. The first-order chi connectivity index (χ1) is 8.74. The quantitative estimate of drug-likeness (QED) is 0.779. The zero-order valence-electron chi connectivity index (χ0n) is 11.7. The molecule has 0 bridgehead atoms. The smallest absolute Gasteiger partial charge is 0.156 e. The largest absolute Gasteiger partial charge is 0.362 e. The molecule has 1 spiro atoms. The van der Waals surface area contributed by atoms with Crippen LogP contribution < -0.4 is 5.32 Å². The Balaban J connectivity index is 1.72. The van der Waals surface area contributed by atoms with Crippen LogP contribution in [0.5, 0.6) is 0 Å². The number of amidine groups is 1. The number of nitrogens with one attached hydrogen (secondary N) is 1. The molecule has 104 valence electrons. The summed E-state index contributed by atoms with van der Waals surface area (Å²) in [5, 5.41) is 4.78. The molecule has 1 saturated carbocycles. The standard InChI is InChI=1S/C14H26N2S2/c1-3-17-9-6-12(2)16-13-15-10-14(11-18-13)7-4-5-8-14/h12H,3-11H2,1-2H3,(H,15,16). The van der Waals surface area contributed by atoms with Crippen LogP contribution >= 0.6 is 23.5 Å². The highest BCUT2D eigenvalue weighted by Gasteiger charge is 2.36. The molecular formula is C14H26N2S2. The van der Waals surface area contributed by atoms with Crippen molar-refractivity contribution in [3.05, 3.63) is 0 Å². The summed E-state index contributed by atoms with van der Waals surface area (Å²) in [7, 11) is 0. The lowest BCUT2D eigenvalue weighted by Crippen LogP contribution is -2.37. The first-order valence-corrected chi connectivity index (χ1v) is 9.40. The molecule has 1 unspecified atom stereocenters. The maximum absolute atomic E-state index is 4.79. The van der Waals surface area contributed by atoms with Crippen LogP contribution in [0, 0.1) is 5.41 Å². The molecule has 0 amide bonds. The van der Waals surface area contributed by atoms with E-state index in [0.29, 0.717) is 11.5 Å². The molecule has 1 atom stereocenters. The minimum Gasteiger partial charge on any atom is -0.362 e. The first kappa shape index (κ1) is 14.6. The van der Waals surface area contributed by atoms with Gasteiger partial charge in [0.2, 0.25) is 0 Å². The van der Waals surface area contributed by atoms with Crippen molar-refractivity contribution in [1.29, 1.82) is 0 Å². The number of aliphatic imine (C=N–C) groups is 1. The Bertz CT molecular complexity index is 286. The van der Waals surface area contributed by atoms with E-state index in [1.165, 1.54) is 54.5 Å². The van der Waals surface area contributed by atoms with Crippen molar-refractivity contribution >= 4 is 28.7 Å². The summed E-state index contributed by atoms with van der Waals surface area (Å²) in [5.41, 5.74) is 0.567. The third-order valence-electron chi connectivity index (χ3n) is 4.01. The molecule has 2 aliphatic rings. The van der Waals surface area contributed by atoms with Crippen molar-refractivity contribution in [2.45, 2.75) is 52.0 Å². The van der Waals surface area contributed by atoms with E-state index in [1.807, 2.05) is 23.5 Å². The maximum atomic E-state index is 4.79. The Hall–Kier alpha value is 0.170. The van der Waals surface area contributed by atoms with E-state index < -0.39 is 0 Å². The van der Waals surface area contributed by atoms with Crippen molar-refractivity contribution < 1.29 is 0 Å². The summed E-state index contributed by atoms with van der Waals surface area (Å²) in [5.74, 6) is 3.77. The number of thioether (sulfide) groups is 2. The van der Waals surface area contributed by atoms with E-state index in [2.05, 4.69) is 19.2 Å². The van der Waals surface area contributed by atoms with Gasteiger partial charge >= 0.3 is 0 Å². The van der Waals surface area contributed by atoms with Gasteiger partial charge in [0.1, 0.15) is 0 Å². The van der Waals surface area contributed by atoms with Gasteiger partial charge in [-0.05, 0) is 43.1 Å². The topological polar surface area (TPSA) is 24.4 Å². The fraction of sp³-hybridized carbons (Fsp3) is 0.929. The SMILES string of the molecule is CCSCCC(C)NC1=NCC2(CCCC2)CS1. The van der Waals surface area contributed by atoms with Crippen molar-refractivity contribution in [3.63, 3.8) is 0 Å². The van der Waals surface area contributed by atoms with Crippen molar-refractivity contribution in [2.24, 2.45) is 10.4 Å². The van der Waals surface area contributed by atoms with Crippen LogP contribution in [-0.2, 0) is 0 Å². The third kappa shape index (κ3) is 4.09. The van der Waals surface area contributed by atoms with Gasteiger partial charge in [-0.1, -0.05) is 31.5 Å². The highest BCUT2D eigenvalue weighted by molar-refractivity contribution is 8.13. The van der Waals surface area contributed by atoms with E-state index in [4.69, 9.17) is 4.99 Å². The van der Waals surface area contributed by atoms with Crippen LogP contribution in [0.4, 0.5) is 0 Å². The maximum Gasteiger partial charge on any atom is 0.156 e. The monoisotopic (exact) mass is 286 g/mol. The second kappa shape index (κ2) is 7.09. The van der Waals surface area contributed by atoms with Crippen molar-refractivity contribution in [3.8, 4) is 0 Å². The van der Waals surface area contributed by atoms with Gasteiger partial charge in [0.15, 0.2) is 5.17 Å². The van der Waals surface area contributed by atoms with Gasteiger partial charge in [0, 0.05) is 18.3 Å². The van der Waals surface area contributed by atoms with Crippen LogP contribution in [-0.4, -0.2) is 35.0 Å². The molecule has 1 N–H and O–H groups in total. The van der Waals surface area contributed by atoms with E-state index in [0.717, 1.165) is 6.54 Å². The molecule has 1 aliphatic carbocycles. The highest BCUT2D eigenvalue weighted by atomic mass is 32.2. The third-order valence-corrected chi connectivity index (χ3v) is 6.22. The molecule has 4 heteroatoms. The second-order valence-corrected chi connectivity index (χ2v) is 8.01. The van der Waals surface area contributed by atoms with Gasteiger partial charge in [-0.25, -0.2) is 0 Å². The summed E-state index contributed by atoms with van der Waals surface area (Å²) >= 11 is 3.99. The molecule has 1 fully saturated rings. The van der Waals surface area contributed by atoms with Gasteiger partial charge in [0.25, 0.3) is 0 Å². The summed E-state index contributed by atoms with van der Waals surface area (Å²) in [6.45, 7) is 5.57. The Labute approximate surface area is 120 Å². The Morgan fingerprint density at radius 1 is 1.44 bits per heavy atom. The fourth-order valence-electron chi connectivity index (χ4n) is 2.75. The van der Waals surface area contributed by atoms with Crippen LogP contribution in [0.3, 0.4) is 0 Å². The van der Waals surface area contributed by atoms with Crippen LogP contribution in [0.1, 0.15) is 46.0 Å². The lowest BCUT2D eigenvalue weighted by molar-refractivity contribution is 0.358. The minimum atomic E-state index is 0.563. The molecule has 0 aromatic carbocycles. The van der Waals surface area contributed by atoms with Gasteiger partial charge < -0.3 is 5.32 Å². The summed E-state index contributed by atoms with van der Waals surface area (Å²) in [4.78, 5) is 4.79. The average molecular weight is 287 g/mol. The molecule has 0 saturated heterocycles. The molecule has 18 heavy (non-hydrogen) atoms. The molecular weight excluding hydrogens is 260 g/mol. The van der Waals surface area contributed by atoms with Crippen LogP contribution in [0.15, 0.2) is 4.99 Å². The van der Waals surface area contributed by atoms with Gasteiger partial charge in [-0.15, -0.1) is 0 Å². The zero-order chi connectivity index (χ0) is 12.8. The molecule has 2 nitrogen and oxygen atoms in total. The van der Waals surface area contributed by atoms with E-state index in [1.54, 1.807) is 0 Å². The molecule has 1 heterocycles. The number of hydrogen-bond acceptors (Lipinski definition) is 4. The van der Waals surface area contributed by atoms with E-state index in [9.17, 15) is 0 Å². The van der Waals surface area contributed by atoms with Crippen LogP contribution in [0.25, 0.3) is 0 Å². The van der Waals surface area contributed by atoms with Gasteiger partial charge in [-0.2, -0.15) is 11.8 Å². The van der Waals surface area contributed by atoms with Crippen LogP contribution in [0.2, 0.25) is 0 Å².